The number of rotatable bonds is 4. The minimum Gasteiger partial charge on any atom is -0.371 e. The molecule has 31 heavy (non-hydrogen) atoms. The van der Waals surface area contributed by atoms with Gasteiger partial charge in [0.25, 0.3) is 5.91 Å². The van der Waals surface area contributed by atoms with Crippen molar-refractivity contribution in [3.05, 3.63) is 59.3 Å². The number of carbonyl (C=O) groups excluding carboxylic acids is 1. The van der Waals surface area contributed by atoms with Gasteiger partial charge in [-0.2, -0.15) is 0 Å². The number of aromatic nitrogens is 2. The molecule has 3 aromatic rings. The van der Waals surface area contributed by atoms with Crippen molar-refractivity contribution in [3.8, 4) is 0 Å². The summed E-state index contributed by atoms with van der Waals surface area (Å²) >= 11 is 0. The Kier molecular flexibility index (Phi) is 5.04. The molecule has 5 rings (SSSR count). The first-order valence-electron chi connectivity index (χ1n) is 11.0. The number of hydrogen-bond acceptors (Lipinski definition) is 4. The lowest BCUT2D eigenvalue weighted by Gasteiger charge is -2.34. The van der Waals surface area contributed by atoms with Gasteiger partial charge in [0.15, 0.2) is 5.58 Å². The monoisotopic (exact) mass is 422 g/mol. The van der Waals surface area contributed by atoms with Crippen LogP contribution in [0.2, 0.25) is 0 Å². The summed E-state index contributed by atoms with van der Waals surface area (Å²) in [5.74, 6) is 0.0818. The normalized spacial score (nSPS) is 17.8. The van der Waals surface area contributed by atoms with Crippen LogP contribution in [0.3, 0.4) is 0 Å². The number of piperidine rings is 1. The lowest BCUT2D eigenvalue weighted by atomic mass is 9.91. The molecule has 6 nitrogen and oxygen atoms in total. The topological polar surface area (TPSA) is 54.5 Å². The summed E-state index contributed by atoms with van der Waals surface area (Å²) < 4.78 is 20.8. The van der Waals surface area contributed by atoms with E-state index >= 15 is 0 Å². The summed E-state index contributed by atoms with van der Waals surface area (Å²) in [6.07, 6.45) is 9.01. The van der Waals surface area contributed by atoms with Crippen molar-refractivity contribution in [2.45, 2.75) is 32.1 Å². The Bertz CT molecular complexity index is 1150. The van der Waals surface area contributed by atoms with E-state index in [1.54, 1.807) is 6.07 Å². The molecule has 1 fully saturated rings. The lowest BCUT2D eigenvalue weighted by molar-refractivity contribution is 0.0775. The minimum absolute atomic E-state index is 0.111. The van der Waals surface area contributed by atoms with Crippen molar-refractivity contribution >= 4 is 22.6 Å². The van der Waals surface area contributed by atoms with Crippen LogP contribution in [0.5, 0.6) is 0 Å². The van der Waals surface area contributed by atoms with Gasteiger partial charge in [-0.25, -0.2) is 4.39 Å². The number of amides is 1. The van der Waals surface area contributed by atoms with E-state index in [2.05, 4.69) is 29.3 Å². The third-order valence-electron chi connectivity index (χ3n) is 6.43. The van der Waals surface area contributed by atoms with Crippen molar-refractivity contribution < 1.29 is 13.7 Å². The molecule has 0 bridgehead atoms. The summed E-state index contributed by atoms with van der Waals surface area (Å²) in [7, 11) is 1.97. The van der Waals surface area contributed by atoms with Crippen molar-refractivity contribution in [2.24, 2.45) is 7.05 Å². The molecule has 1 saturated heterocycles. The molecule has 4 heterocycles. The molecular formula is C24H27FN4O2. The van der Waals surface area contributed by atoms with Gasteiger partial charge in [0.1, 0.15) is 5.82 Å². The maximum absolute atomic E-state index is 13.5. The molecule has 0 aliphatic carbocycles. The summed E-state index contributed by atoms with van der Waals surface area (Å²) in [6.45, 7) is 5.25. The third-order valence-corrected chi connectivity index (χ3v) is 6.43. The summed E-state index contributed by atoms with van der Waals surface area (Å²) in [4.78, 5) is 17.4. The van der Waals surface area contributed by atoms with Crippen LogP contribution in [-0.4, -0.2) is 51.6 Å². The molecule has 0 saturated carbocycles. The molecular weight excluding hydrogens is 395 g/mol. The van der Waals surface area contributed by atoms with Crippen molar-refractivity contribution in [2.75, 3.05) is 26.2 Å². The van der Waals surface area contributed by atoms with Gasteiger partial charge in [-0.1, -0.05) is 12.1 Å². The van der Waals surface area contributed by atoms with E-state index in [1.807, 2.05) is 22.7 Å². The number of carbonyl (C=O) groups is 1. The van der Waals surface area contributed by atoms with Gasteiger partial charge in [-0.3, -0.25) is 4.79 Å². The molecule has 0 N–H and O–H groups in total. The second-order valence-electron chi connectivity index (χ2n) is 8.56. The summed E-state index contributed by atoms with van der Waals surface area (Å²) in [6, 6.07) is 4.62. The van der Waals surface area contributed by atoms with E-state index in [1.165, 1.54) is 12.1 Å². The van der Waals surface area contributed by atoms with Crippen LogP contribution in [0.15, 0.2) is 41.2 Å². The highest BCUT2D eigenvalue weighted by Crippen LogP contribution is 2.36. The first-order chi connectivity index (χ1) is 15.0. The Labute approximate surface area is 180 Å². The fourth-order valence-corrected chi connectivity index (χ4v) is 4.90. The largest absolute Gasteiger partial charge is 0.371 e. The van der Waals surface area contributed by atoms with Gasteiger partial charge < -0.3 is 18.9 Å². The number of benzene rings is 1. The third kappa shape index (κ3) is 3.52. The number of fused-ring (bicyclic) bond motifs is 2. The maximum Gasteiger partial charge on any atom is 0.256 e. The van der Waals surface area contributed by atoms with Gasteiger partial charge in [-0.15, -0.1) is 0 Å². The van der Waals surface area contributed by atoms with Crippen molar-refractivity contribution in [1.29, 1.82) is 0 Å². The van der Waals surface area contributed by atoms with E-state index in [-0.39, 0.29) is 17.6 Å². The van der Waals surface area contributed by atoms with Gasteiger partial charge in [0, 0.05) is 74.3 Å². The first-order valence-corrected chi connectivity index (χ1v) is 11.0. The Balaban J connectivity index is 1.38. The summed E-state index contributed by atoms with van der Waals surface area (Å²) in [5, 5.41) is 5.17. The Morgan fingerprint density at radius 1 is 1.19 bits per heavy atom. The molecule has 2 aliphatic rings. The average Bonchev–Trinajstić information content (AvgIpc) is 3.33. The zero-order valence-electron chi connectivity index (χ0n) is 18.0. The quantitative estimate of drug-likeness (QED) is 0.626. The van der Waals surface area contributed by atoms with E-state index in [0.29, 0.717) is 12.1 Å². The number of likely N-dealkylation sites (tertiary alicyclic amines) is 1. The fraction of sp³-hybridized carbons (Fsp3) is 0.417. The van der Waals surface area contributed by atoms with E-state index in [4.69, 9.17) is 4.52 Å². The second-order valence-corrected chi connectivity index (χ2v) is 8.56. The van der Waals surface area contributed by atoms with Crippen LogP contribution in [0.1, 0.15) is 53.7 Å². The van der Waals surface area contributed by atoms with Crippen molar-refractivity contribution in [3.63, 3.8) is 0 Å². The Morgan fingerprint density at radius 3 is 2.74 bits per heavy atom. The maximum atomic E-state index is 13.5. The van der Waals surface area contributed by atoms with E-state index in [9.17, 15) is 9.18 Å². The predicted molar refractivity (Wildman–Crippen MR) is 117 cm³/mol. The fourth-order valence-electron chi connectivity index (χ4n) is 4.90. The first kappa shape index (κ1) is 19.8. The van der Waals surface area contributed by atoms with Crippen LogP contribution in [0.25, 0.3) is 16.7 Å². The lowest BCUT2D eigenvalue weighted by Crippen LogP contribution is -2.32. The van der Waals surface area contributed by atoms with Gasteiger partial charge in [0.05, 0.1) is 11.3 Å². The zero-order chi connectivity index (χ0) is 21.5. The van der Waals surface area contributed by atoms with E-state index < -0.39 is 0 Å². The van der Waals surface area contributed by atoms with Crippen molar-refractivity contribution in [1.82, 2.24) is 19.5 Å². The Hall–Kier alpha value is -3.09. The van der Waals surface area contributed by atoms with Gasteiger partial charge >= 0.3 is 0 Å². The molecule has 0 unspecified atom stereocenters. The van der Waals surface area contributed by atoms with Crippen LogP contribution in [0, 0.1) is 5.82 Å². The second kappa shape index (κ2) is 7.87. The van der Waals surface area contributed by atoms with Gasteiger partial charge in [0.2, 0.25) is 0 Å². The van der Waals surface area contributed by atoms with Crippen LogP contribution in [0.4, 0.5) is 4.39 Å². The molecule has 2 aliphatic heterocycles. The molecule has 7 heteroatoms. The average molecular weight is 423 g/mol. The van der Waals surface area contributed by atoms with Crippen LogP contribution < -0.4 is 0 Å². The number of hydrogen-bond donors (Lipinski definition) is 0. The van der Waals surface area contributed by atoms with Crippen LogP contribution >= 0.6 is 0 Å². The predicted octanol–water partition coefficient (Wildman–Crippen LogP) is 4.39. The SMILES string of the molecule is CCCN1CC=C(N2CCC(c3noc4cc(F)ccc34)CC2)c2cn(C)cc2C1=O. The Morgan fingerprint density at radius 2 is 1.97 bits per heavy atom. The van der Waals surface area contributed by atoms with Gasteiger partial charge in [-0.05, 0) is 37.5 Å². The zero-order valence-corrected chi connectivity index (χ0v) is 18.0. The molecule has 0 spiro atoms. The molecule has 0 atom stereocenters. The highest BCUT2D eigenvalue weighted by atomic mass is 19.1. The molecule has 162 valence electrons. The number of aryl methyl sites for hydroxylation is 1. The highest BCUT2D eigenvalue weighted by Gasteiger charge is 2.30. The minimum atomic E-state index is -0.310. The van der Waals surface area contributed by atoms with E-state index in [0.717, 1.165) is 66.8 Å². The number of nitrogens with zero attached hydrogens (tertiary/aromatic N) is 4. The number of halogens is 1. The molecule has 1 aromatic carbocycles. The molecule has 1 amide bonds. The molecule has 0 radical (unpaired) electrons. The highest BCUT2D eigenvalue weighted by molar-refractivity contribution is 6.00. The molecule has 2 aromatic heterocycles. The standard InChI is InChI=1S/C24H27FN4O2/c1-3-9-29-12-8-21(19-14-27(2)15-20(19)24(29)30)28-10-6-16(7-11-28)23-18-5-4-17(25)13-22(18)31-26-23/h4-5,8,13-16H,3,6-7,9-12H2,1-2H3. The van der Waals surface area contributed by atoms with Crippen LogP contribution in [-0.2, 0) is 7.05 Å². The summed E-state index contributed by atoms with van der Waals surface area (Å²) in [5.41, 5.74) is 4.38. The smallest absolute Gasteiger partial charge is 0.256 e.